The van der Waals surface area contributed by atoms with Gasteiger partial charge in [-0.1, -0.05) is 18.2 Å². The van der Waals surface area contributed by atoms with Gasteiger partial charge in [0, 0.05) is 70.6 Å². The number of rotatable bonds is 10. The molecule has 4 N–H and O–H groups in total. The summed E-state index contributed by atoms with van der Waals surface area (Å²) in [7, 11) is 5.16. The highest BCUT2D eigenvalue weighted by molar-refractivity contribution is 7.20. The predicted octanol–water partition coefficient (Wildman–Crippen LogP) is 3.74. The summed E-state index contributed by atoms with van der Waals surface area (Å²) >= 11 is 1.40. The Balaban J connectivity index is 1.04. The number of carbonyl (C=O) groups excluding carboxylic acids is 4. The number of carbonyl (C=O) groups is 4. The van der Waals surface area contributed by atoms with E-state index in [-0.39, 0.29) is 11.8 Å². The normalized spacial score (nSPS) is 13.4. The van der Waals surface area contributed by atoms with Gasteiger partial charge in [-0.3, -0.25) is 24.1 Å². The molecule has 6 rings (SSSR count). The standard InChI is InChI=1S/C33H36N8O5S/c1-38-18-22(15-25(38)30(42)34-8-9-41-10-12-46-13-11-41)35-31(43)26-16-23(19-39(26)2)36-32(44)27-17-24(20-40(27)3)37-33(45)29-14-21-6-4-5-7-28(21)47-29/h4-7,14-20H,8-13H2,1-3H3,(H,34,42)(H,35,43)(H,36,44)(H,37,45). The van der Waals surface area contributed by atoms with E-state index in [1.54, 1.807) is 71.6 Å². The Bertz CT molecular complexity index is 1930. The minimum Gasteiger partial charge on any atom is -0.379 e. The van der Waals surface area contributed by atoms with Crippen LogP contribution in [0.15, 0.2) is 67.1 Å². The van der Waals surface area contributed by atoms with Crippen LogP contribution in [0.2, 0.25) is 0 Å². The van der Waals surface area contributed by atoms with Crippen LogP contribution in [0.25, 0.3) is 10.1 Å². The Morgan fingerprint density at radius 3 is 1.77 bits per heavy atom. The maximum Gasteiger partial charge on any atom is 0.272 e. The highest BCUT2D eigenvalue weighted by Crippen LogP contribution is 2.26. The van der Waals surface area contributed by atoms with Crippen molar-refractivity contribution in [2.45, 2.75) is 0 Å². The Hall–Kier alpha value is -5.18. The van der Waals surface area contributed by atoms with Crippen molar-refractivity contribution in [1.82, 2.24) is 23.9 Å². The molecule has 1 saturated heterocycles. The average Bonchev–Trinajstić information content (AvgIpc) is 3.82. The van der Waals surface area contributed by atoms with Gasteiger partial charge in [-0.2, -0.15) is 0 Å². The van der Waals surface area contributed by atoms with Gasteiger partial charge in [0.2, 0.25) is 0 Å². The third kappa shape index (κ3) is 7.30. The molecule has 0 bridgehead atoms. The van der Waals surface area contributed by atoms with Gasteiger partial charge in [0.15, 0.2) is 0 Å². The first-order chi connectivity index (χ1) is 22.6. The second-order valence-electron chi connectivity index (χ2n) is 11.4. The number of ether oxygens (including phenoxy) is 1. The number of hydrogen-bond donors (Lipinski definition) is 4. The Morgan fingerprint density at radius 1 is 0.702 bits per heavy atom. The van der Waals surface area contributed by atoms with Crippen LogP contribution < -0.4 is 21.3 Å². The predicted molar refractivity (Wildman–Crippen MR) is 182 cm³/mol. The van der Waals surface area contributed by atoms with Crippen molar-refractivity contribution in [3.8, 4) is 0 Å². The SMILES string of the molecule is Cn1cc(NC(=O)c2cc(NC(=O)c3cc(NC(=O)c4cc5ccccc5s4)cn3C)cn2C)cc1C(=O)NCCN1CCOCC1. The van der Waals surface area contributed by atoms with Crippen LogP contribution in [-0.2, 0) is 25.9 Å². The van der Waals surface area contributed by atoms with Crippen LogP contribution in [0, 0.1) is 0 Å². The molecule has 1 aromatic carbocycles. The van der Waals surface area contributed by atoms with Gasteiger partial charge in [0.05, 0.1) is 35.2 Å². The third-order valence-corrected chi connectivity index (χ3v) is 9.07. The van der Waals surface area contributed by atoms with Gasteiger partial charge in [-0.05, 0) is 35.7 Å². The summed E-state index contributed by atoms with van der Waals surface area (Å²) in [5, 5.41) is 12.5. The minimum absolute atomic E-state index is 0.228. The first-order valence-electron chi connectivity index (χ1n) is 15.1. The van der Waals surface area contributed by atoms with Crippen molar-refractivity contribution >= 4 is 62.1 Å². The van der Waals surface area contributed by atoms with Crippen LogP contribution in [0.3, 0.4) is 0 Å². The van der Waals surface area contributed by atoms with Gasteiger partial charge in [-0.25, -0.2) is 0 Å². The van der Waals surface area contributed by atoms with E-state index in [9.17, 15) is 19.2 Å². The largest absolute Gasteiger partial charge is 0.379 e. The fourth-order valence-corrected chi connectivity index (χ4v) is 6.45. The number of benzene rings is 1. The van der Waals surface area contributed by atoms with E-state index in [0.29, 0.717) is 58.8 Å². The van der Waals surface area contributed by atoms with Gasteiger partial charge in [0.25, 0.3) is 23.6 Å². The van der Waals surface area contributed by atoms with Crippen LogP contribution >= 0.6 is 11.3 Å². The summed E-state index contributed by atoms with van der Waals surface area (Å²) in [4.78, 5) is 54.8. The number of amides is 4. The smallest absolute Gasteiger partial charge is 0.272 e. The quantitative estimate of drug-likeness (QED) is 0.180. The molecule has 0 radical (unpaired) electrons. The Morgan fingerprint density at radius 2 is 1.21 bits per heavy atom. The lowest BCUT2D eigenvalue weighted by Crippen LogP contribution is -2.41. The third-order valence-electron chi connectivity index (χ3n) is 7.95. The van der Waals surface area contributed by atoms with E-state index in [1.165, 1.54) is 11.3 Å². The number of anilines is 3. The van der Waals surface area contributed by atoms with Crippen LogP contribution in [0.5, 0.6) is 0 Å². The average molecular weight is 657 g/mol. The number of morpholine rings is 1. The summed E-state index contributed by atoms with van der Waals surface area (Å²) in [6.45, 7) is 4.35. The van der Waals surface area contributed by atoms with Gasteiger partial charge in [-0.15, -0.1) is 11.3 Å². The number of nitrogens with one attached hydrogen (secondary N) is 4. The zero-order chi connectivity index (χ0) is 33.1. The van der Waals surface area contributed by atoms with Gasteiger partial charge < -0.3 is 39.7 Å². The van der Waals surface area contributed by atoms with Crippen molar-refractivity contribution < 1.29 is 23.9 Å². The fourth-order valence-electron chi connectivity index (χ4n) is 5.50. The van der Waals surface area contributed by atoms with E-state index in [1.807, 2.05) is 30.3 Å². The van der Waals surface area contributed by atoms with Crippen LogP contribution in [0.1, 0.15) is 41.1 Å². The molecule has 47 heavy (non-hydrogen) atoms. The first-order valence-corrected chi connectivity index (χ1v) is 16.0. The highest BCUT2D eigenvalue weighted by atomic mass is 32.1. The topological polar surface area (TPSA) is 144 Å². The molecule has 0 atom stereocenters. The summed E-state index contributed by atoms with van der Waals surface area (Å²) < 4.78 is 11.3. The molecular formula is C33H36N8O5S. The molecule has 0 aliphatic carbocycles. The first kappa shape index (κ1) is 31.8. The number of nitrogens with zero attached hydrogens (tertiary/aromatic N) is 4. The zero-order valence-electron chi connectivity index (χ0n) is 26.3. The summed E-state index contributed by atoms with van der Waals surface area (Å²) in [5.41, 5.74) is 2.44. The number of fused-ring (bicyclic) bond motifs is 1. The highest BCUT2D eigenvalue weighted by Gasteiger charge is 2.20. The number of aromatic nitrogens is 3. The summed E-state index contributed by atoms with van der Waals surface area (Å²) in [6, 6.07) is 14.4. The van der Waals surface area contributed by atoms with Crippen molar-refractivity contribution in [1.29, 1.82) is 0 Å². The maximum absolute atomic E-state index is 13.2. The maximum atomic E-state index is 13.2. The van der Waals surface area contributed by atoms with Crippen molar-refractivity contribution in [2.24, 2.45) is 21.1 Å². The molecule has 4 amide bonds. The Labute approximate surface area is 275 Å². The lowest BCUT2D eigenvalue weighted by atomic mass is 10.2. The van der Waals surface area contributed by atoms with Gasteiger partial charge >= 0.3 is 0 Å². The molecule has 0 saturated carbocycles. The van der Waals surface area contributed by atoms with E-state index >= 15 is 0 Å². The Kier molecular flexibility index (Phi) is 9.24. The van der Waals surface area contributed by atoms with Crippen molar-refractivity contribution in [3.63, 3.8) is 0 Å². The lowest BCUT2D eigenvalue weighted by molar-refractivity contribution is 0.0383. The molecule has 14 heteroatoms. The van der Waals surface area contributed by atoms with Crippen LogP contribution in [-0.4, -0.2) is 81.6 Å². The molecule has 1 aliphatic heterocycles. The number of thiophene rings is 1. The number of hydrogen-bond acceptors (Lipinski definition) is 7. The minimum atomic E-state index is -0.403. The van der Waals surface area contributed by atoms with E-state index in [0.717, 1.165) is 29.7 Å². The molecule has 5 heterocycles. The second-order valence-corrected chi connectivity index (χ2v) is 12.5. The summed E-state index contributed by atoms with van der Waals surface area (Å²) in [6.07, 6.45) is 4.98. The van der Waals surface area contributed by atoms with E-state index in [4.69, 9.17) is 4.74 Å². The molecular weight excluding hydrogens is 620 g/mol. The van der Waals surface area contributed by atoms with Crippen LogP contribution in [0.4, 0.5) is 17.1 Å². The van der Waals surface area contributed by atoms with E-state index < -0.39 is 11.8 Å². The fraction of sp³-hybridized carbons (Fsp3) is 0.273. The zero-order valence-corrected chi connectivity index (χ0v) is 27.1. The van der Waals surface area contributed by atoms with Crippen molar-refractivity contribution in [2.75, 3.05) is 55.3 Å². The molecule has 4 aromatic heterocycles. The molecule has 244 valence electrons. The molecule has 0 unspecified atom stereocenters. The monoisotopic (exact) mass is 656 g/mol. The molecule has 0 spiro atoms. The molecule has 5 aromatic rings. The van der Waals surface area contributed by atoms with Gasteiger partial charge in [0.1, 0.15) is 17.1 Å². The summed E-state index contributed by atoms with van der Waals surface area (Å²) in [5.74, 6) is -1.28. The molecule has 13 nitrogen and oxygen atoms in total. The lowest BCUT2D eigenvalue weighted by Gasteiger charge is -2.26. The number of aryl methyl sites for hydroxylation is 3. The molecule has 1 aliphatic rings. The second kappa shape index (κ2) is 13.7. The van der Waals surface area contributed by atoms with Crippen molar-refractivity contribution in [3.05, 3.63) is 89.1 Å². The molecule has 1 fully saturated rings. The van der Waals surface area contributed by atoms with E-state index in [2.05, 4.69) is 26.2 Å².